The number of thiophene rings is 1. The summed E-state index contributed by atoms with van der Waals surface area (Å²) in [6.07, 6.45) is 1.53. The first-order valence-corrected chi connectivity index (χ1v) is 12.4. The van der Waals surface area contributed by atoms with Crippen LogP contribution in [0.2, 0.25) is 0 Å². The van der Waals surface area contributed by atoms with Gasteiger partial charge in [0.1, 0.15) is 22.2 Å². The summed E-state index contributed by atoms with van der Waals surface area (Å²) < 4.78 is 20.8. The lowest BCUT2D eigenvalue weighted by atomic mass is 9.94. The molecular formula is C23H23N3O4S2. The molecule has 0 spiro atoms. The van der Waals surface area contributed by atoms with Crippen molar-refractivity contribution < 1.29 is 19.2 Å². The van der Waals surface area contributed by atoms with Gasteiger partial charge in [-0.2, -0.15) is 0 Å². The predicted octanol–water partition coefficient (Wildman–Crippen LogP) is 2.68. The summed E-state index contributed by atoms with van der Waals surface area (Å²) in [4.78, 5) is 14.5. The molecule has 0 amide bonds. The molecule has 1 aliphatic rings. The first kappa shape index (κ1) is 22.5. The summed E-state index contributed by atoms with van der Waals surface area (Å²) in [5.41, 5.74) is 7.43. The third kappa shape index (κ3) is 4.55. The van der Waals surface area contributed by atoms with E-state index < -0.39 is 23.4 Å². The minimum absolute atomic E-state index is 0.153. The largest absolute Gasteiger partial charge is 0.598 e. The standard InChI is InChI=1S/C23H23N3O4S2/c1-32(29)25-20(17-7-6-15-4-2-3-5-16(15)14-17)19-18(8-9-24)22(31-21(19)23(27)28)26-10-12-30-13-11-26/h2-7,14,20,25H,10-13,24H2,1H3,(H,27,28). The number of nitrogens with zero attached hydrogens (tertiary/aromatic N) is 1. The number of nitrogens with one attached hydrogen (secondary N) is 1. The normalized spacial score (nSPS) is 15.8. The molecule has 1 aliphatic heterocycles. The van der Waals surface area contributed by atoms with Crippen LogP contribution >= 0.6 is 11.3 Å². The Morgan fingerprint density at radius 3 is 2.66 bits per heavy atom. The van der Waals surface area contributed by atoms with E-state index in [0.717, 1.165) is 21.3 Å². The molecule has 1 fully saturated rings. The number of nitrogens with two attached hydrogens (primary N) is 1. The highest BCUT2D eigenvalue weighted by atomic mass is 32.2. The molecule has 2 atom stereocenters. The number of hydrogen-bond donors (Lipinski definition) is 3. The maximum atomic E-state index is 12.3. The quantitative estimate of drug-likeness (QED) is 0.289. The fraction of sp³-hybridized carbons (Fsp3) is 0.261. The molecule has 0 aliphatic carbocycles. The second-order valence-corrected chi connectivity index (χ2v) is 9.45. The van der Waals surface area contributed by atoms with Crippen molar-refractivity contribution in [1.29, 1.82) is 0 Å². The molecule has 2 heterocycles. The van der Waals surface area contributed by atoms with Crippen molar-refractivity contribution in [2.24, 2.45) is 5.73 Å². The second kappa shape index (κ2) is 9.81. The van der Waals surface area contributed by atoms with Crippen LogP contribution in [0.1, 0.15) is 32.4 Å². The van der Waals surface area contributed by atoms with E-state index in [2.05, 4.69) is 21.6 Å². The molecule has 0 bridgehead atoms. The molecule has 166 valence electrons. The number of benzene rings is 2. The van der Waals surface area contributed by atoms with Crippen LogP contribution in [-0.4, -0.2) is 48.2 Å². The third-order valence-corrected chi connectivity index (χ3v) is 7.12. The van der Waals surface area contributed by atoms with Gasteiger partial charge >= 0.3 is 5.97 Å². The predicted molar refractivity (Wildman–Crippen MR) is 128 cm³/mol. The Balaban J connectivity index is 1.93. The van der Waals surface area contributed by atoms with Gasteiger partial charge in [0.25, 0.3) is 0 Å². The van der Waals surface area contributed by atoms with Crippen LogP contribution in [0, 0.1) is 12.0 Å². The zero-order chi connectivity index (χ0) is 22.7. The summed E-state index contributed by atoms with van der Waals surface area (Å²) in [7, 11) is 0. The SMILES string of the molecule is C[S+]([O-])NC(c1ccc2ccccc2c1)c1c(C(=O)O)sc(N2CCOCC2)c1C#CN. The maximum Gasteiger partial charge on any atom is 0.346 e. The Bertz CT molecular complexity index is 1190. The number of ether oxygens (including phenoxy) is 1. The van der Waals surface area contributed by atoms with Crippen molar-refractivity contribution in [3.05, 3.63) is 64.0 Å². The Morgan fingerprint density at radius 1 is 1.28 bits per heavy atom. The number of anilines is 1. The number of carboxylic acid groups (broad SMARTS) is 1. The van der Waals surface area contributed by atoms with Crippen LogP contribution in [0.15, 0.2) is 42.5 Å². The Morgan fingerprint density at radius 2 is 2.00 bits per heavy atom. The van der Waals surface area contributed by atoms with Crippen LogP contribution < -0.4 is 15.4 Å². The number of fused-ring (bicyclic) bond motifs is 1. The van der Waals surface area contributed by atoms with Gasteiger partial charge in [-0.15, -0.1) is 16.1 Å². The van der Waals surface area contributed by atoms with Gasteiger partial charge in [0.05, 0.1) is 18.8 Å². The molecule has 4 rings (SSSR count). The third-order valence-electron chi connectivity index (χ3n) is 5.30. The average Bonchev–Trinajstić information content (AvgIpc) is 3.17. The van der Waals surface area contributed by atoms with Crippen molar-refractivity contribution in [3.8, 4) is 12.0 Å². The van der Waals surface area contributed by atoms with Crippen molar-refractivity contribution in [2.45, 2.75) is 6.04 Å². The summed E-state index contributed by atoms with van der Waals surface area (Å²) in [5, 5.41) is 12.9. The summed E-state index contributed by atoms with van der Waals surface area (Å²) in [6, 6.07) is 15.6. The second-order valence-electron chi connectivity index (χ2n) is 7.31. The first-order valence-electron chi connectivity index (χ1n) is 10.0. The van der Waals surface area contributed by atoms with Crippen molar-refractivity contribution >= 4 is 44.4 Å². The molecule has 0 saturated carbocycles. The van der Waals surface area contributed by atoms with Gasteiger partial charge < -0.3 is 25.0 Å². The number of aromatic carboxylic acids is 1. The number of carboxylic acids is 1. The Labute approximate surface area is 193 Å². The highest BCUT2D eigenvalue weighted by molar-refractivity contribution is 7.88. The van der Waals surface area contributed by atoms with E-state index in [1.807, 2.05) is 42.5 Å². The Hall–Kier alpha value is -2.74. The van der Waals surface area contributed by atoms with Gasteiger partial charge in [-0.25, -0.2) is 4.79 Å². The van der Waals surface area contributed by atoms with E-state index >= 15 is 0 Å². The number of carbonyl (C=O) groups is 1. The molecule has 3 aromatic rings. The van der Waals surface area contributed by atoms with Crippen LogP contribution in [0.3, 0.4) is 0 Å². The lowest BCUT2D eigenvalue weighted by molar-refractivity contribution is 0.0700. The molecule has 9 heteroatoms. The van der Waals surface area contributed by atoms with Crippen LogP contribution in [0.25, 0.3) is 10.8 Å². The lowest BCUT2D eigenvalue weighted by Crippen LogP contribution is -2.36. The minimum atomic E-state index is -1.41. The zero-order valence-electron chi connectivity index (χ0n) is 17.5. The molecule has 0 radical (unpaired) electrons. The van der Waals surface area contributed by atoms with E-state index in [4.69, 9.17) is 10.5 Å². The van der Waals surface area contributed by atoms with E-state index in [9.17, 15) is 14.5 Å². The van der Waals surface area contributed by atoms with Crippen molar-refractivity contribution in [3.63, 3.8) is 0 Å². The molecular weight excluding hydrogens is 446 g/mol. The van der Waals surface area contributed by atoms with Gasteiger partial charge in [0.2, 0.25) is 0 Å². The smallest absolute Gasteiger partial charge is 0.346 e. The molecule has 2 aromatic carbocycles. The monoisotopic (exact) mass is 469 g/mol. The zero-order valence-corrected chi connectivity index (χ0v) is 19.1. The van der Waals surface area contributed by atoms with Crippen LogP contribution in [0.5, 0.6) is 0 Å². The number of rotatable bonds is 6. The first-order chi connectivity index (χ1) is 15.5. The molecule has 4 N–H and O–H groups in total. The van der Waals surface area contributed by atoms with Crippen LogP contribution in [0.4, 0.5) is 5.00 Å². The molecule has 1 saturated heterocycles. The van der Waals surface area contributed by atoms with E-state index in [-0.39, 0.29) is 4.88 Å². The van der Waals surface area contributed by atoms with Gasteiger partial charge in [-0.3, -0.25) is 0 Å². The summed E-state index contributed by atoms with van der Waals surface area (Å²) in [5.74, 6) is 1.87. The molecule has 2 unspecified atom stereocenters. The lowest BCUT2D eigenvalue weighted by Gasteiger charge is -2.28. The van der Waals surface area contributed by atoms with E-state index in [1.165, 1.54) is 17.6 Å². The molecule has 32 heavy (non-hydrogen) atoms. The fourth-order valence-electron chi connectivity index (χ4n) is 3.89. The van der Waals surface area contributed by atoms with Crippen LogP contribution in [-0.2, 0) is 16.1 Å². The fourth-order valence-corrected chi connectivity index (χ4v) is 5.67. The molecule has 1 aromatic heterocycles. The van der Waals surface area contributed by atoms with Gasteiger partial charge in [-0.05, 0) is 28.3 Å². The minimum Gasteiger partial charge on any atom is -0.598 e. The Kier molecular flexibility index (Phi) is 6.89. The topological polar surface area (TPSA) is 111 Å². The van der Waals surface area contributed by atoms with Crippen molar-refractivity contribution in [1.82, 2.24) is 4.72 Å². The number of morpholine rings is 1. The highest BCUT2D eigenvalue weighted by Crippen LogP contribution is 2.42. The van der Waals surface area contributed by atoms with Gasteiger partial charge in [0, 0.05) is 36.1 Å². The van der Waals surface area contributed by atoms with Gasteiger partial charge in [-0.1, -0.05) is 36.4 Å². The van der Waals surface area contributed by atoms with E-state index in [1.54, 1.807) is 0 Å². The van der Waals surface area contributed by atoms with E-state index in [0.29, 0.717) is 37.4 Å². The molecule has 7 nitrogen and oxygen atoms in total. The summed E-state index contributed by atoms with van der Waals surface area (Å²) in [6.45, 7) is 2.37. The van der Waals surface area contributed by atoms with Crippen molar-refractivity contribution in [2.75, 3.05) is 37.5 Å². The number of hydrogen-bond acceptors (Lipinski definition) is 7. The summed E-state index contributed by atoms with van der Waals surface area (Å²) >= 11 is -0.243. The average molecular weight is 470 g/mol. The maximum absolute atomic E-state index is 12.3. The van der Waals surface area contributed by atoms with Gasteiger partial charge in [0.15, 0.2) is 0 Å². The highest BCUT2D eigenvalue weighted by Gasteiger charge is 2.33.